The van der Waals surface area contributed by atoms with E-state index in [9.17, 15) is 0 Å². The number of aromatic nitrogens is 2. The van der Waals surface area contributed by atoms with Gasteiger partial charge in [-0.05, 0) is 31.0 Å². The maximum atomic E-state index is 6.15. The van der Waals surface area contributed by atoms with Crippen LogP contribution in [-0.2, 0) is 13.6 Å². The third kappa shape index (κ3) is 4.29. The van der Waals surface area contributed by atoms with Gasteiger partial charge in [-0.1, -0.05) is 24.4 Å². The minimum absolute atomic E-state index is 0. The third-order valence-corrected chi connectivity index (χ3v) is 4.48. The second-order valence-electron chi connectivity index (χ2n) is 5.80. The number of hydrogen-bond acceptors (Lipinski definition) is 2. The smallest absolute Gasteiger partial charge is 0.191 e. The highest BCUT2D eigenvalue weighted by Gasteiger charge is 2.12. The summed E-state index contributed by atoms with van der Waals surface area (Å²) in [4.78, 5) is 11.3. The maximum Gasteiger partial charge on any atom is 0.191 e. The van der Waals surface area contributed by atoms with Gasteiger partial charge in [0.2, 0.25) is 0 Å². The molecule has 5 nitrogen and oxygen atoms in total. The van der Waals surface area contributed by atoms with E-state index in [1.807, 2.05) is 29.8 Å². The van der Waals surface area contributed by atoms with Crippen molar-refractivity contribution in [2.45, 2.75) is 32.2 Å². The number of imidazole rings is 1. The van der Waals surface area contributed by atoms with Crippen molar-refractivity contribution in [1.29, 1.82) is 0 Å². The van der Waals surface area contributed by atoms with E-state index in [0.717, 1.165) is 29.9 Å². The Morgan fingerprint density at radius 1 is 1.26 bits per heavy atom. The topological polar surface area (TPSA) is 59.4 Å². The highest BCUT2D eigenvalue weighted by Crippen LogP contribution is 2.20. The summed E-state index contributed by atoms with van der Waals surface area (Å²) in [5.74, 6) is 1.53. The number of benzene rings is 1. The van der Waals surface area contributed by atoms with Crippen LogP contribution in [0, 0.1) is 0 Å². The number of aliphatic imine (C=N–C) groups is 1. The molecule has 0 atom stereocenters. The van der Waals surface area contributed by atoms with Crippen LogP contribution in [-0.4, -0.2) is 33.5 Å². The van der Waals surface area contributed by atoms with Crippen molar-refractivity contribution in [3.8, 4) is 0 Å². The predicted molar refractivity (Wildman–Crippen MR) is 107 cm³/mol. The van der Waals surface area contributed by atoms with E-state index in [1.54, 1.807) is 0 Å². The Morgan fingerprint density at radius 3 is 2.65 bits per heavy atom. The van der Waals surface area contributed by atoms with Crippen LogP contribution in [0.25, 0.3) is 11.0 Å². The molecular weight excluding hydrogens is 425 g/mol. The first-order valence-corrected chi connectivity index (χ1v) is 8.18. The fraction of sp³-hybridized carbons (Fsp3) is 0.500. The summed E-state index contributed by atoms with van der Waals surface area (Å²) >= 11 is 6.02. The standard InChI is InChI=1S/C16H22ClN5.HI/c1-21-14-7-6-12(17)10-13(14)20-15(21)11-19-16(18)22-8-4-2-3-5-9-22;/h6-7,10H,2-5,8-9,11H2,1H3,(H2,18,19);1H. The zero-order valence-electron chi connectivity index (χ0n) is 13.3. The van der Waals surface area contributed by atoms with Crippen molar-refractivity contribution in [2.24, 2.45) is 17.8 Å². The van der Waals surface area contributed by atoms with Crippen LogP contribution in [0.1, 0.15) is 31.5 Å². The average molecular weight is 448 g/mol. The number of guanidine groups is 1. The Hall–Kier alpha value is -1.02. The van der Waals surface area contributed by atoms with Crippen LogP contribution in [0.2, 0.25) is 5.02 Å². The number of aryl methyl sites for hydroxylation is 1. The Kier molecular flexibility index (Phi) is 6.52. The van der Waals surface area contributed by atoms with Crippen LogP contribution in [0.5, 0.6) is 0 Å². The monoisotopic (exact) mass is 447 g/mol. The molecule has 0 amide bonds. The summed E-state index contributed by atoms with van der Waals surface area (Å²) in [5.41, 5.74) is 8.11. The van der Waals surface area contributed by atoms with Gasteiger partial charge >= 0.3 is 0 Å². The molecule has 0 aliphatic carbocycles. The molecule has 1 aliphatic rings. The molecule has 1 aromatic carbocycles. The predicted octanol–water partition coefficient (Wildman–Crippen LogP) is 3.54. The lowest BCUT2D eigenvalue weighted by atomic mass is 10.2. The van der Waals surface area contributed by atoms with Crippen LogP contribution in [0.15, 0.2) is 23.2 Å². The molecule has 0 saturated carbocycles. The molecule has 23 heavy (non-hydrogen) atoms. The molecule has 0 bridgehead atoms. The van der Waals surface area contributed by atoms with Crippen molar-refractivity contribution < 1.29 is 0 Å². The first-order valence-electron chi connectivity index (χ1n) is 7.81. The third-order valence-electron chi connectivity index (χ3n) is 4.25. The molecule has 1 aliphatic heterocycles. The van der Waals surface area contributed by atoms with Gasteiger partial charge in [-0.3, -0.25) is 0 Å². The normalized spacial score (nSPS) is 16.3. The van der Waals surface area contributed by atoms with E-state index in [1.165, 1.54) is 25.7 Å². The van der Waals surface area contributed by atoms with Gasteiger partial charge < -0.3 is 15.2 Å². The van der Waals surface area contributed by atoms with E-state index in [4.69, 9.17) is 17.3 Å². The van der Waals surface area contributed by atoms with Crippen LogP contribution in [0.4, 0.5) is 0 Å². The number of hydrogen-bond donors (Lipinski definition) is 1. The van der Waals surface area contributed by atoms with E-state index in [0.29, 0.717) is 17.5 Å². The van der Waals surface area contributed by atoms with Gasteiger partial charge in [0.05, 0.1) is 11.0 Å². The summed E-state index contributed by atoms with van der Waals surface area (Å²) in [5, 5.41) is 0.699. The first kappa shape index (κ1) is 18.3. The SMILES string of the molecule is Cn1c(CN=C(N)N2CCCCCC2)nc2cc(Cl)ccc21.I. The van der Waals surface area contributed by atoms with Gasteiger partial charge in [-0.15, -0.1) is 24.0 Å². The Bertz CT molecular complexity index is 689. The molecule has 0 spiro atoms. The molecule has 0 radical (unpaired) electrons. The van der Waals surface area contributed by atoms with Crippen molar-refractivity contribution in [2.75, 3.05) is 13.1 Å². The molecule has 0 unspecified atom stereocenters. The largest absolute Gasteiger partial charge is 0.370 e. The van der Waals surface area contributed by atoms with Crippen LogP contribution in [0.3, 0.4) is 0 Å². The van der Waals surface area contributed by atoms with Crippen LogP contribution < -0.4 is 5.73 Å². The number of nitrogens with zero attached hydrogens (tertiary/aromatic N) is 4. The molecular formula is C16H23ClIN5. The second kappa shape index (κ2) is 8.19. The van der Waals surface area contributed by atoms with Crippen molar-refractivity contribution >= 4 is 52.6 Å². The first-order chi connectivity index (χ1) is 10.6. The molecule has 2 heterocycles. The van der Waals surface area contributed by atoms with Crippen molar-refractivity contribution in [3.63, 3.8) is 0 Å². The molecule has 2 N–H and O–H groups in total. The summed E-state index contributed by atoms with van der Waals surface area (Å²) in [6, 6.07) is 5.74. The maximum absolute atomic E-state index is 6.15. The van der Waals surface area contributed by atoms with Gasteiger partial charge in [0.1, 0.15) is 12.4 Å². The summed E-state index contributed by atoms with van der Waals surface area (Å²) in [6.07, 6.45) is 4.96. The fourth-order valence-electron chi connectivity index (χ4n) is 2.92. The Balaban J connectivity index is 0.00000192. The summed E-state index contributed by atoms with van der Waals surface area (Å²) in [6.45, 7) is 2.51. The molecule has 7 heteroatoms. The fourth-order valence-corrected chi connectivity index (χ4v) is 3.08. The number of halogens is 2. The highest BCUT2D eigenvalue weighted by atomic mass is 127. The number of likely N-dealkylation sites (tertiary alicyclic amines) is 1. The van der Waals surface area contributed by atoms with Crippen LogP contribution >= 0.6 is 35.6 Å². The van der Waals surface area contributed by atoms with Crippen molar-refractivity contribution in [3.05, 3.63) is 29.0 Å². The van der Waals surface area contributed by atoms with E-state index >= 15 is 0 Å². The number of rotatable bonds is 2. The Morgan fingerprint density at radius 2 is 1.96 bits per heavy atom. The van der Waals surface area contributed by atoms with E-state index < -0.39 is 0 Å². The van der Waals surface area contributed by atoms with Crippen molar-refractivity contribution in [1.82, 2.24) is 14.5 Å². The van der Waals surface area contributed by atoms with Gasteiger partial charge in [0.15, 0.2) is 5.96 Å². The number of fused-ring (bicyclic) bond motifs is 1. The lowest BCUT2D eigenvalue weighted by molar-refractivity contribution is 0.428. The molecule has 1 aromatic heterocycles. The van der Waals surface area contributed by atoms with E-state index in [2.05, 4.69) is 14.9 Å². The molecule has 3 rings (SSSR count). The highest BCUT2D eigenvalue weighted by molar-refractivity contribution is 14.0. The Labute approximate surface area is 158 Å². The molecule has 1 saturated heterocycles. The minimum Gasteiger partial charge on any atom is -0.370 e. The molecule has 2 aromatic rings. The summed E-state index contributed by atoms with van der Waals surface area (Å²) in [7, 11) is 2.00. The van der Waals surface area contributed by atoms with Gasteiger partial charge in [-0.2, -0.15) is 0 Å². The quantitative estimate of drug-likeness (QED) is 0.435. The zero-order chi connectivity index (χ0) is 15.5. The second-order valence-corrected chi connectivity index (χ2v) is 6.23. The average Bonchev–Trinajstić information content (AvgIpc) is 2.71. The number of nitrogens with two attached hydrogens (primary N) is 1. The lowest BCUT2D eigenvalue weighted by Gasteiger charge is -2.20. The van der Waals surface area contributed by atoms with E-state index in [-0.39, 0.29) is 24.0 Å². The van der Waals surface area contributed by atoms with Gasteiger partial charge in [0, 0.05) is 25.2 Å². The zero-order valence-corrected chi connectivity index (χ0v) is 16.4. The summed E-state index contributed by atoms with van der Waals surface area (Å²) < 4.78 is 2.05. The lowest BCUT2D eigenvalue weighted by Crippen LogP contribution is -2.38. The van der Waals surface area contributed by atoms with Gasteiger partial charge in [-0.25, -0.2) is 9.98 Å². The molecule has 1 fully saturated rings. The minimum atomic E-state index is 0. The van der Waals surface area contributed by atoms with Gasteiger partial charge in [0.25, 0.3) is 0 Å². The molecule has 126 valence electrons.